The van der Waals surface area contributed by atoms with Crippen LogP contribution in [0.4, 0.5) is 0 Å². The summed E-state index contributed by atoms with van der Waals surface area (Å²) in [6.45, 7) is 2.11. The lowest BCUT2D eigenvalue weighted by Gasteiger charge is -2.28. The number of halogens is 1. The third-order valence-corrected chi connectivity index (χ3v) is 5.74. The number of carbonyl (C=O) groups excluding carboxylic acids is 1. The minimum atomic E-state index is -3.08. The maximum Gasteiger partial charge on any atom is 0.323 e. The van der Waals surface area contributed by atoms with Crippen LogP contribution in [0.2, 0.25) is 0 Å². The smallest absolute Gasteiger partial charge is 0.323 e. The van der Waals surface area contributed by atoms with Crippen LogP contribution in [-0.4, -0.2) is 37.0 Å². The molecule has 2 atom stereocenters. The molecule has 0 spiro atoms. The minimum Gasteiger partial charge on any atom is -0.468 e. The molecule has 1 aliphatic rings. The highest BCUT2D eigenvalue weighted by Gasteiger charge is 2.41. The van der Waals surface area contributed by atoms with Crippen LogP contribution < -0.4 is 4.52 Å². The van der Waals surface area contributed by atoms with Crippen molar-refractivity contribution in [2.45, 2.75) is 18.9 Å². The van der Waals surface area contributed by atoms with E-state index in [1.54, 1.807) is 16.8 Å². The fraction of sp³-hybridized carbons (Fsp3) is 0.462. The van der Waals surface area contributed by atoms with Crippen molar-refractivity contribution in [3.8, 4) is 5.75 Å². The van der Waals surface area contributed by atoms with Crippen LogP contribution in [0.25, 0.3) is 0 Å². The van der Waals surface area contributed by atoms with Crippen molar-refractivity contribution in [1.82, 2.24) is 4.67 Å². The van der Waals surface area contributed by atoms with Crippen LogP contribution in [0.3, 0.4) is 0 Å². The van der Waals surface area contributed by atoms with E-state index in [1.807, 2.05) is 12.1 Å². The van der Waals surface area contributed by atoms with Crippen molar-refractivity contribution in [2.24, 2.45) is 0 Å². The Kier molecular flexibility index (Phi) is 4.89. The molecule has 20 heavy (non-hydrogen) atoms. The highest BCUT2D eigenvalue weighted by Crippen LogP contribution is 2.51. The quantitative estimate of drug-likeness (QED) is 0.608. The summed E-state index contributed by atoms with van der Waals surface area (Å²) in [6, 6.07) is 6.63. The Morgan fingerprint density at radius 2 is 2.05 bits per heavy atom. The third-order valence-electron chi connectivity index (χ3n) is 3.25. The molecule has 0 aliphatic carbocycles. The molecule has 0 saturated carbocycles. The molecule has 0 bridgehead atoms. The summed E-state index contributed by atoms with van der Waals surface area (Å²) in [5.74, 6) is 0.165. The first-order chi connectivity index (χ1) is 9.44. The molecule has 0 radical (unpaired) electrons. The van der Waals surface area contributed by atoms with Crippen LogP contribution in [0.15, 0.2) is 28.7 Å². The second-order valence-electron chi connectivity index (χ2n) is 4.69. The maximum atomic E-state index is 12.8. The molecule has 0 N–H and O–H groups in total. The van der Waals surface area contributed by atoms with Gasteiger partial charge in [-0.2, -0.15) is 0 Å². The summed E-state index contributed by atoms with van der Waals surface area (Å²) in [4.78, 5) is 11.7. The van der Waals surface area contributed by atoms with E-state index in [1.165, 1.54) is 13.8 Å². The van der Waals surface area contributed by atoms with Crippen molar-refractivity contribution >= 4 is 29.4 Å². The number of rotatable bonds is 4. The van der Waals surface area contributed by atoms with Gasteiger partial charge in [0.25, 0.3) is 0 Å². The summed E-state index contributed by atoms with van der Waals surface area (Å²) >= 11 is 3.33. The predicted molar refractivity (Wildman–Crippen MR) is 80.0 cm³/mol. The lowest BCUT2D eigenvalue weighted by molar-refractivity contribution is -0.144. The number of hydrogen-bond donors (Lipinski definition) is 0. The van der Waals surface area contributed by atoms with E-state index < -0.39 is 13.6 Å². The SMILES string of the molecule is COC(=O)[C@@H]1CCCN1P(C)(=O)Oc1ccc(Br)cc1. The molecule has 7 heteroatoms. The number of esters is 1. The Morgan fingerprint density at radius 1 is 1.40 bits per heavy atom. The molecule has 1 aromatic carbocycles. The molecular formula is C13H17BrNO4P. The fourth-order valence-corrected chi connectivity index (χ4v) is 4.41. The van der Waals surface area contributed by atoms with Crippen molar-refractivity contribution < 1.29 is 18.6 Å². The second-order valence-corrected chi connectivity index (χ2v) is 7.91. The van der Waals surface area contributed by atoms with Crippen molar-refractivity contribution in [3.63, 3.8) is 0 Å². The summed E-state index contributed by atoms with van der Waals surface area (Å²) in [6.07, 6.45) is 1.45. The first-order valence-corrected chi connectivity index (χ1v) is 9.13. The number of ether oxygens (including phenoxy) is 1. The molecular weight excluding hydrogens is 345 g/mol. The van der Waals surface area contributed by atoms with Gasteiger partial charge in [-0.05, 0) is 37.1 Å². The molecule has 1 saturated heterocycles. The third kappa shape index (κ3) is 3.43. The van der Waals surface area contributed by atoms with Gasteiger partial charge in [0.1, 0.15) is 11.8 Å². The van der Waals surface area contributed by atoms with Gasteiger partial charge in [0.15, 0.2) is 0 Å². The summed E-state index contributed by atoms with van der Waals surface area (Å²) in [5.41, 5.74) is 0. The maximum absolute atomic E-state index is 12.8. The summed E-state index contributed by atoms with van der Waals surface area (Å²) < 4.78 is 25.7. The zero-order valence-corrected chi connectivity index (χ0v) is 13.9. The van der Waals surface area contributed by atoms with E-state index >= 15 is 0 Å². The van der Waals surface area contributed by atoms with Gasteiger partial charge in [-0.25, -0.2) is 4.67 Å². The van der Waals surface area contributed by atoms with E-state index in [4.69, 9.17) is 9.26 Å². The number of carbonyl (C=O) groups is 1. The Morgan fingerprint density at radius 3 is 2.65 bits per heavy atom. The molecule has 1 unspecified atom stereocenters. The highest BCUT2D eigenvalue weighted by atomic mass is 79.9. The number of nitrogens with zero attached hydrogens (tertiary/aromatic N) is 1. The lowest BCUT2D eigenvalue weighted by Crippen LogP contribution is -2.35. The zero-order chi connectivity index (χ0) is 14.8. The van der Waals surface area contributed by atoms with Crippen LogP contribution in [0.1, 0.15) is 12.8 Å². The van der Waals surface area contributed by atoms with Crippen LogP contribution >= 0.6 is 23.4 Å². The molecule has 1 heterocycles. The van der Waals surface area contributed by atoms with Crippen LogP contribution in [-0.2, 0) is 14.1 Å². The largest absolute Gasteiger partial charge is 0.468 e. The number of hydrogen-bond acceptors (Lipinski definition) is 4. The van der Waals surface area contributed by atoms with Gasteiger partial charge in [-0.3, -0.25) is 9.36 Å². The fourth-order valence-electron chi connectivity index (χ4n) is 2.31. The molecule has 1 fully saturated rings. The van der Waals surface area contributed by atoms with Gasteiger partial charge < -0.3 is 9.26 Å². The lowest BCUT2D eigenvalue weighted by atomic mass is 10.2. The predicted octanol–water partition coefficient (Wildman–Crippen LogP) is 3.29. The average molecular weight is 362 g/mol. The first-order valence-electron chi connectivity index (χ1n) is 6.31. The Labute approximate surface area is 126 Å². The summed E-state index contributed by atoms with van der Waals surface area (Å²) in [5, 5.41) is 0. The van der Waals surface area contributed by atoms with E-state index in [-0.39, 0.29) is 5.97 Å². The van der Waals surface area contributed by atoms with Crippen molar-refractivity contribution in [1.29, 1.82) is 0 Å². The molecule has 5 nitrogen and oxygen atoms in total. The molecule has 0 aromatic heterocycles. The van der Waals surface area contributed by atoms with Crippen LogP contribution in [0, 0.1) is 0 Å². The van der Waals surface area contributed by atoms with Crippen molar-refractivity contribution in [2.75, 3.05) is 20.3 Å². The molecule has 110 valence electrons. The van der Waals surface area contributed by atoms with E-state index in [2.05, 4.69) is 15.9 Å². The van der Waals surface area contributed by atoms with E-state index in [0.29, 0.717) is 18.7 Å². The molecule has 1 aromatic rings. The van der Waals surface area contributed by atoms with Gasteiger partial charge in [0, 0.05) is 17.7 Å². The van der Waals surface area contributed by atoms with Gasteiger partial charge in [0.05, 0.1) is 7.11 Å². The molecule has 1 aliphatic heterocycles. The monoisotopic (exact) mass is 361 g/mol. The van der Waals surface area contributed by atoms with Gasteiger partial charge in [-0.1, -0.05) is 15.9 Å². The van der Waals surface area contributed by atoms with Crippen LogP contribution in [0.5, 0.6) is 5.75 Å². The molecule has 0 amide bonds. The normalized spacial score (nSPS) is 22.2. The van der Waals surface area contributed by atoms with Gasteiger partial charge >= 0.3 is 13.5 Å². The van der Waals surface area contributed by atoms with E-state index in [9.17, 15) is 9.36 Å². The second kappa shape index (κ2) is 6.29. The summed E-state index contributed by atoms with van der Waals surface area (Å²) in [7, 11) is -1.74. The number of methoxy groups -OCH3 is 1. The topological polar surface area (TPSA) is 55.8 Å². The van der Waals surface area contributed by atoms with Gasteiger partial charge in [-0.15, -0.1) is 0 Å². The Bertz CT molecular complexity index is 534. The van der Waals surface area contributed by atoms with Crippen molar-refractivity contribution in [3.05, 3.63) is 28.7 Å². The minimum absolute atomic E-state index is 0.357. The average Bonchev–Trinajstić information content (AvgIpc) is 2.90. The number of benzene rings is 1. The first kappa shape index (κ1) is 15.5. The van der Waals surface area contributed by atoms with Gasteiger partial charge in [0.2, 0.25) is 0 Å². The Hall–Kier alpha value is -0.840. The Balaban J connectivity index is 2.15. The van der Waals surface area contributed by atoms with E-state index in [0.717, 1.165) is 10.9 Å². The molecule has 2 rings (SSSR count). The zero-order valence-electron chi connectivity index (χ0n) is 11.4. The highest BCUT2D eigenvalue weighted by molar-refractivity contribution is 9.10. The standard InChI is InChI=1S/C13H17BrNO4P/c1-18-13(16)12-4-3-9-15(12)20(2,17)19-11-7-5-10(14)6-8-11/h5-8,12H,3-4,9H2,1-2H3/t12-,20?/m0/s1.